The number of nitrogens with zero attached hydrogens (tertiary/aromatic N) is 1. The predicted molar refractivity (Wildman–Crippen MR) is 78.0 cm³/mol. The van der Waals surface area contributed by atoms with Gasteiger partial charge in [-0.3, -0.25) is 0 Å². The Labute approximate surface area is 121 Å². The van der Waals surface area contributed by atoms with Crippen molar-refractivity contribution in [3.05, 3.63) is 21.8 Å². The van der Waals surface area contributed by atoms with Crippen LogP contribution in [0, 0.1) is 11.8 Å². The van der Waals surface area contributed by atoms with Crippen LogP contribution in [-0.2, 0) is 0 Å². The van der Waals surface area contributed by atoms with Crippen LogP contribution in [0.2, 0.25) is 5.02 Å². The van der Waals surface area contributed by atoms with Crippen LogP contribution in [0.5, 0.6) is 0 Å². The highest BCUT2D eigenvalue weighted by Gasteiger charge is 2.20. The molecule has 1 aliphatic carbocycles. The van der Waals surface area contributed by atoms with E-state index in [2.05, 4.69) is 26.2 Å². The molecule has 1 aromatic heterocycles. The Hall–Kier alpha value is -0.320. The molecule has 0 aromatic carbocycles. The lowest BCUT2D eigenvalue weighted by molar-refractivity contribution is 0.170. The molecule has 1 aromatic rings. The molecule has 1 aliphatic rings. The van der Waals surface area contributed by atoms with Crippen molar-refractivity contribution in [1.29, 1.82) is 0 Å². The van der Waals surface area contributed by atoms with Gasteiger partial charge < -0.3 is 10.4 Å². The van der Waals surface area contributed by atoms with Gasteiger partial charge in [0.15, 0.2) is 0 Å². The Morgan fingerprint density at radius 2 is 2.00 bits per heavy atom. The van der Waals surface area contributed by atoms with Crippen molar-refractivity contribution >= 4 is 33.3 Å². The fourth-order valence-electron chi connectivity index (χ4n) is 2.38. The maximum Gasteiger partial charge on any atom is 0.127 e. The first-order valence-corrected chi connectivity index (χ1v) is 7.52. The number of pyridine rings is 1. The molecule has 0 bridgehead atoms. The predicted octanol–water partition coefficient (Wildman–Crippen LogP) is 3.71. The normalized spacial score (nSPS) is 23.9. The van der Waals surface area contributed by atoms with E-state index in [9.17, 15) is 0 Å². The number of rotatable bonds is 4. The summed E-state index contributed by atoms with van der Waals surface area (Å²) >= 11 is 9.34. The number of anilines is 1. The average Bonchev–Trinajstić information content (AvgIpc) is 2.41. The van der Waals surface area contributed by atoms with Crippen molar-refractivity contribution in [2.45, 2.75) is 25.7 Å². The van der Waals surface area contributed by atoms with Crippen molar-refractivity contribution in [3.63, 3.8) is 0 Å². The fraction of sp³-hybridized carbons (Fsp3) is 0.615. The number of hydrogen-bond acceptors (Lipinski definition) is 3. The summed E-state index contributed by atoms with van der Waals surface area (Å²) in [5.74, 6) is 2.02. The molecule has 0 radical (unpaired) electrons. The van der Waals surface area contributed by atoms with E-state index in [1.165, 1.54) is 12.8 Å². The molecule has 100 valence electrons. The van der Waals surface area contributed by atoms with E-state index in [-0.39, 0.29) is 0 Å². The number of halogens is 2. The SMILES string of the molecule is OCC1CCC(CNc2cc(Cl)c(Br)cn2)CC1. The van der Waals surface area contributed by atoms with E-state index in [4.69, 9.17) is 16.7 Å². The minimum atomic E-state index is 0.337. The first kappa shape index (κ1) is 14.1. The lowest BCUT2D eigenvalue weighted by Gasteiger charge is -2.27. The molecule has 0 unspecified atom stereocenters. The Kier molecular flexibility index (Phi) is 5.27. The van der Waals surface area contributed by atoms with Crippen molar-refractivity contribution < 1.29 is 5.11 Å². The van der Waals surface area contributed by atoms with E-state index < -0.39 is 0 Å². The maximum absolute atomic E-state index is 9.10. The Bertz CT molecular complexity index is 395. The van der Waals surface area contributed by atoms with Gasteiger partial charge >= 0.3 is 0 Å². The molecule has 0 amide bonds. The van der Waals surface area contributed by atoms with Gasteiger partial charge in [0, 0.05) is 25.4 Å². The molecule has 0 aliphatic heterocycles. The van der Waals surface area contributed by atoms with E-state index in [0.29, 0.717) is 23.5 Å². The molecule has 2 rings (SSSR count). The second-order valence-electron chi connectivity index (χ2n) is 4.93. The van der Waals surface area contributed by atoms with Gasteiger partial charge in [0.25, 0.3) is 0 Å². The van der Waals surface area contributed by atoms with Gasteiger partial charge in [-0.15, -0.1) is 0 Å². The molecule has 1 heterocycles. The standard InChI is InChI=1S/C13H18BrClN2O/c14-11-7-17-13(5-12(11)15)16-6-9-1-3-10(8-18)4-2-9/h5,7,9-10,18H,1-4,6,8H2,(H,16,17). The summed E-state index contributed by atoms with van der Waals surface area (Å²) in [6.45, 7) is 1.27. The van der Waals surface area contributed by atoms with E-state index in [1.807, 2.05) is 6.07 Å². The molecule has 2 N–H and O–H groups in total. The third kappa shape index (κ3) is 3.84. The smallest absolute Gasteiger partial charge is 0.127 e. The van der Waals surface area contributed by atoms with Gasteiger partial charge in [0.2, 0.25) is 0 Å². The number of hydrogen-bond donors (Lipinski definition) is 2. The van der Waals surface area contributed by atoms with Gasteiger partial charge in [0.1, 0.15) is 5.82 Å². The van der Waals surface area contributed by atoms with Crippen molar-refractivity contribution in [1.82, 2.24) is 4.98 Å². The van der Waals surface area contributed by atoms with E-state index in [1.54, 1.807) is 6.20 Å². The lowest BCUT2D eigenvalue weighted by atomic mass is 9.82. The third-order valence-electron chi connectivity index (χ3n) is 3.60. The zero-order chi connectivity index (χ0) is 13.0. The highest BCUT2D eigenvalue weighted by molar-refractivity contribution is 9.10. The zero-order valence-electron chi connectivity index (χ0n) is 10.2. The van der Waals surface area contributed by atoms with Gasteiger partial charge in [-0.2, -0.15) is 0 Å². The molecule has 0 atom stereocenters. The summed E-state index contributed by atoms with van der Waals surface area (Å²) in [4.78, 5) is 4.27. The Morgan fingerprint density at radius 3 is 2.61 bits per heavy atom. The molecule has 18 heavy (non-hydrogen) atoms. The molecular formula is C13H18BrClN2O. The summed E-state index contributed by atoms with van der Waals surface area (Å²) in [5.41, 5.74) is 0. The number of aromatic nitrogens is 1. The average molecular weight is 334 g/mol. The molecule has 1 fully saturated rings. The highest BCUT2D eigenvalue weighted by Crippen LogP contribution is 2.29. The summed E-state index contributed by atoms with van der Waals surface area (Å²) in [6, 6.07) is 1.84. The molecule has 0 spiro atoms. The van der Waals surface area contributed by atoms with Gasteiger partial charge in [0.05, 0.1) is 9.50 Å². The van der Waals surface area contributed by atoms with Crippen LogP contribution in [0.1, 0.15) is 25.7 Å². The van der Waals surface area contributed by atoms with Crippen molar-refractivity contribution in [2.24, 2.45) is 11.8 Å². The van der Waals surface area contributed by atoms with Crippen LogP contribution in [0.4, 0.5) is 5.82 Å². The molecule has 0 saturated heterocycles. The van der Waals surface area contributed by atoms with Crippen LogP contribution in [0.25, 0.3) is 0 Å². The number of aliphatic hydroxyl groups excluding tert-OH is 1. The monoisotopic (exact) mass is 332 g/mol. The molecule has 5 heteroatoms. The number of nitrogens with one attached hydrogen (secondary N) is 1. The Balaban J connectivity index is 1.79. The summed E-state index contributed by atoms with van der Waals surface area (Å²) < 4.78 is 0.818. The highest BCUT2D eigenvalue weighted by atomic mass is 79.9. The Morgan fingerprint density at radius 1 is 1.33 bits per heavy atom. The first-order chi connectivity index (χ1) is 8.69. The lowest BCUT2D eigenvalue weighted by Crippen LogP contribution is -2.22. The van der Waals surface area contributed by atoms with Crippen LogP contribution < -0.4 is 5.32 Å². The van der Waals surface area contributed by atoms with Gasteiger partial charge in [-0.05, 0) is 53.4 Å². The van der Waals surface area contributed by atoms with Gasteiger partial charge in [-0.25, -0.2) is 4.98 Å². The van der Waals surface area contributed by atoms with Gasteiger partial charge in [-0.1, -0.05) is 11.6 Å². The third-order valence-corrected chi connectivity index (χ3v) is 4.78. The maximum atomic E-state index is 9.10. The molecule has 1 saturated carbocycles. The van der Waals surface area contributed by atoms with Crippen molar-refractivity contribution in [2.75, 3.05) is 18.5 Å². The summed E-state index contributed by atoms with van der Waals surface area (Å²) in [6.07, 6.45) is 6.35. The van der Waals surface area contributed by atoms with Crippen LogP contribution in [0.15, 0.2) is 16.7 Å². The van der Waals surface area contributed by atoms with E-state index in [0.717, 1.165) is 29.7 Å². The largest absolute Gasteiger partial charge is 0.396 e. The quantitative estimate of drug-likeness (QED) is 0.883. The summed E-state index contributed by atoms with van der Waals surface area (Å²) in [7, 11) is 0. The van der Waals surface area contributed by atoms with E-state index >= 15 is 0 Å². The van der Waals surface area contributed by atoms with Crippen LogP contribution in [-0.4, -0.2) is 23.2 Å². The topological polar surface area (TPSA) is 45.1 Å². The second-order valence-corrected chi connectivity index (χ2v) is 6.20. The molecular weight excluding hydrogens is 316 g/mol. The van der Waals surface area contributed by atoms with Crippen LogP contribution in [0.3, 0.4) is 0 Å². The van der Waals surface area contributed by atoms with Crippen molar-refractivity contribution in [3.8, 4) is 0 Å². The minimum absolute atomic E-state index is 0.337. The number of aliphatic hydroxyl groups is 1. The first-order valence-electron chi connectivity index (χ1n) is 6.35. The second kappa shape index (κ2) is 6.73. The summed E-state index contributed by atoms with van der Waals surface area (Å²) in [5, 5.41) is 13.1. The zero-order valence-corrected chi connectivity index (χ0v) is 12.5. The fourth-order valence-corrected chi connectivity index (χ4v) is 2.75. The molecule has 3 nitrogen and oxygen atoms in total. The minimum Gasteiger partial charge on any atom is -0.396 e. The van der Waals surface area contributed by atoms with Crippen LogP contribution >= 0.6 is 27.5 Å².